The molecule has 0 spiro atoms. The molecule has 1 aromatic carbocycles. The Hall–Kier alpha value is -2.52. The van der Waals surface area contributed by atoms with Crippen molar-refractivity contribution >= 4 is 12.1 Å². The van der Waals surface area contributed by atoms with E-state index in [9.17, 15) is 9.59 Å². The first kappa shape index (κ1) is 21.5. The molecule has 0 unspecified atom stereocenters. The van der Waals surface area contributed by atoms with Crippen LogP contribution in [0.4, 0.5) is 4.79 Å². The SMILES string of the molecule is CCCCC(=C=CC(C)C)[C@@H](NC(=O)OCc1ccccc1)C(=O)OC. The van der Waals surface area contributed by atoms with Crippen molar-refractivity contribution in [3.63, 3.8) is 0 Å². The van der Waals surface area contributed by atoms with Gasteiger partial charge in [0, 0.05) is 5.57 Å². The van der Waals surface area contributed by atoms with Crippen LogP contribution < -0.4 is 5.32 Å². The van der Waals surface area contributed by atoms with Gasteiger partial charge in [-0.05, 0) is 30.4 Å². The molecule has 0 saturated carbocycles. The van der Waals surface area contributed by atoms with E-state index < -0.39 is 18.1 Å². The van der Waals surface area contributed by atoms with Crippen LogP contribution in [0.25, 0.3) is 0 Å². The lowest BCUT2D eigenvalue weighted by Crippen LogP contribution is -2.43. The number of amides is 1. The minimum absolute atomic E-state index is 0.135. The molecule has 0 radical (unpaired) electrons. The summed E-state index contributed by atoms with van der Waals surface area (Å²) in [6.07, 6.45) is 3.74. The Morgan fingerprint density at radius 1 is 1.23 bits per heavy atom. The molecule has 0 heterocycles. The summed E-state index contributed by atoms with van der Waals surface area (Å²) in [7, 11) is 1.30. The molecular weight excluding hydrogens is 330 g/mol. The molecule has 0 aliphatic carbocycles. The minimum atomic E-state index is -0.898. The van der Waals surface area contributed by atoms with Gasteiger partial charge in [0.2, 0.25) is 0 Å². The number of ether oxygens (including phenoxy) is 2. The van der Waals surface area contributed by atoms with Crippen LogP contribution >= 0.6 is 0 Å². The number of benzene rings is 1. The van der Waals surface area contributed by atoms with Gasteiger partial charge in [-0.3, -0.25) is 0 Å². The Bertz CT molecular complexity index is 631. The molecule has 1 amide bonds. The third-order valence-electron chi connectivity index (χ3n) is 3.66. The maximum Gasteiger partial charge on any atom is 0.408 e. The lowest BCUT2D eigenvalue weighted by molar-refractivity contribution is -0.142. The molecule has 26 heavy (non-hydrogen) atoms. The van der Waals surface area contributed by atoms with E-state index in [1.165, 1.54) is 7.11 Å². The first-order valence-electron chi connectivity index (χ1n) is 8.98. The predicted molar refractivity (Wildman–Crippen MR) is 102 cm³/mol. The van der Waals surface area contributed by atoms with Crippen LogP contribution in [0.1, 0.15) is 45.6 Å². The van der Waals surface area contributed by atoms with Crippen LogP contribution in [0.3, 0.4) is 0 Å². The van der Waals surface area contributed by atoms with Crippen LogP contribution in [-0.2, 0) is 20.9 Å². The molecule has 1 aromatic rings. The second kappa shape index (κ2) is 11.9. The molecule has 1 atom stereocenters. The highest BCUT2D eigenvalue weighted by atomic mass is 16.6. The minimum Gasteiger partial charge on any atom is -0.467 e. The highest BCUT2D eigenvalue weighted by Crippen LogP contribution is 2.14. The van der Waals surface area contributed by atoms with Gasteiger partial charge < -0.3 is 14.8 Å². The van der Waals surface area contributed by atoms with Crippen molar-refractivity contribution in [1.29, 1.82) is 0 Å². The van der Waals surface area contributed by atoms with Crippen molar-refractivity contribution in [3.8, 4) is 0 Å². The van der Waals surface area contributed by atoms with E-state index in [2.05, 4.69) is 18.0 Å². The highest BCUT2D eigenvalue weighted by Gasteiger charge is 2.26. The number of unbranched alkanes of at least 4 members (excludes halogenated alkanes) is 1. The van der Waals surface area contributed by atoms with Crippen molar-refractivity contribution in [1.82, 2.24) is 5.32 Å². The molecule has 1 N–H and O–H groups in total. The van der Waals surface area contributed by atoms with Crippen molar-refractivity contribution in [2.45, 2.75) is 52.7 Å². The maximum atomic E-state index is 12.2. The van der Waals surface area contributed by atoms with Crippen LogP contribution in [0.15, 0.2) is 47.7 Å². The molecular formula is C21H29NO4. The predicted octanol–water partition coefficient (Wildman–Crippen LogP) is 4.38. The molecule has 142 valence electrons. The molecule has 0 fully saturated rings. The fourth-order valence-corrected chi connectivity index (χ4v) is 2.23. The first-order valence-corrected chi connectivity index (χ1v) is 8.98. The third kappa shape index (κ3) is 8.04. The Labute approximate surface area is 156 Å². The monoisotopic (exact) mass is 359 g/mol. The van der Waals surface area contributed by atoms with E-state index >= 15 is 0 Å². The van der Waals surface area contributed by atoms with Crippen LogP contribution in [0.5, 0.6) is 0 Å². The number of carbonyl (C=O) groups excluding carboxylic acids is 2. The van der Waals surface area contributed by atoms with Gasteiger partial charge in [0.15, 0.2) is 6.04 Å². The molecule has 0 bridgehead atoms. The van der Waals surface area contributed by atoms with Crippen molar-refractivity contribution in [2.24, 2.45) is 5.92 Å². The summed E-state index contributed by atoms with van der Waals surface area (Å²) in [6.45, 7) is 6.26. The Morgan fingerprint density at radius 3 is 2.50 bits per heavy atom. The van der Waals surface area contributed by atoms with Crippen LogP contribution in [0, 0.1) is 5.92 Å². The molecule has 0 aliphatic heterocycles. The van der Waals surface area contributed by atoms with Crippen LogP contribution in [-0.4, -0.2) is 25.2 Å². The molecule has 5 heteroatoms. The van der Waals surface area contributed by atoms with Gasteiger partial charge in [0.05, 0.1) is 7.11 Å². The third-order valence-corrected chi connectivity index (χ3v) is 3.66. The summed E-state index contributed by atoms with van der Waals surface area (Å²) in [5, 5.41) is 2.62. The number of rotatable bonds is 9. The maximum absolute atomic E-state index is 12.2. The van der Waals surface area contributed by atoms with Gasteiger partial charge in [-0.25, -0.2) is 9.59 Å². The molecule has 0 saturated heterocycles. The van der Waals surface area contributed by atoms with E-state index in [0.717, 1.165) is 18.4 Å². The van der Waals surface area contributed by atoms with E-state index in [-0.39, 0.29) is 12.5 Å². The molecule has 1 rings (SSSR count). The second-order valence-corrected chi connectivity index (χ2v) is 6.35. The van der Waals surface area contributed by atoms with Crippen molar-refractivity contribution in [3.05, 3.63) is 53.3 Å². The number of alkyl carbamates (subject to hydrolysis) is 1. The summed E-state index contributed by atoms with van der Waals surface area (Å²) in [5.41, 5.74) is 4.74. The van der Waals surface area contributed by atoms with Gasteiger partial charge in [0.25, 0.3) is 0 Å². The second-order valence-electron chi connectivity index (χ2n) is 6.35. The van der Waals surface area contributed by atoms with E-state index in [0.29, 0.717) is 12.0 Å². The number of nitrogens with one attached hydrogen (secondary N) is 1. The smallest absolute Gasteiger partial charge is 0.408 e. The molecule has 0 aliphatic rings. The fourth-order valence-electron chi connectivity index (χ4n) is 2.23. The van der Waals surface area contributed by atoms with Crippen LogP contribution in [0.2, 0.25) is 0 Å². The number of hydrogen-bond donors (Lipinski definition) is 1. The average Bonchev–Trinajstić information content (AvgIpc) is 2.65. The summed E-state index contributed by atoms with van der Waals surface area (Å²) in [6, 6.07) is 8.46. The average molecular weight is 359 g/mol. The number of esters is 1. The first-order chi connectivity index (χ1) is 12.5. The largest absolute Gasteiger partial charge is 0.467 e. The van der Waals surface area contributed by atoms with Gasteiger partial charge >= 0.3 is 12.1 Å². The lowest BCUT2D eigenvalue weighted by Gasteiger charge is -2.18. The summed E-state index contributed by atoms with van der Waals surface area (Å²) in [4.78, 5) is 24.4. The summed E-state index contributed by atoms with van der Waals surface area (Å²) in [5.74, 6) is -0.243. The number of methoxy groups -OCH3 is 1. The Kier molecular flexibility index (Phi) is 9.88. The molecule has 0 aromatic heterocycles. The van der Waals surface area contributed by atoms with E-state index in [1.54, 1.807) is 0 Å². The summed E-state index contributed by atoms with van der Waals surface area (Å²) < 4.78 is 10.1. The number of carbonyl (C=O) groups is 2. The topological polar surface area (TPSA) is 64.6 Å². The standard InChI is InChI=1S/C21H29NO4/c1-5-6-12-18(14-13-16(2)3)19(20(23)25-4)22-21(24)26-15-17-10-8-7-9-11-17/h7-11,13,16,19H,5-6,12,15H2,1-4H3,(H,22,24)/t14?,19-/m1/s1. The summed E-state index contributed by atoms with van der Waals surface area (Å²) >= 11 is 0. The van der Waals surface area contributed by atoms with E-state index in [1.807, 2.05) is 50.3 Å². The normalized spacial score (nSPS) is 11.3. The fraction of sp³-hybridized carbons (Fsp3) is 0.476. The zero-order valence-electron chi connectivity index (χ0n) is 16.1. The van der Waals surface area contributed by atoms with Crippen molar-refractivity contribution in [2.75, 3.05) is 7.11 Å². The van der Waals surface area contributed by atoms with Gasteiger partial charge in [-0.15, -0.1) is 5.73 Å². The van der Waals surface area contributed by atoms with E-state index in [4.69, 9.17) is 9.47 Å². The van der Waals surface area contributed by atoms with Crippen molar-refractivity contribution < 1.29 is 19.1 Å². The number of hydrogen-bond acceptors (Lipinski definition) is 4. The van der Waals surface area contributed by atoms with Gasteiger partial charge in [0.1, 0.15) is 6.61 Å². The highest BCUT2D eigenvalue weighted by molar-refractivity contribution is 5.84. The Balaban J connectivity index is 2.87. The zero-order chi connectivity index (χ0) is 19.4. The quantitative estimate of drug-likeness (QED) is 0.525. The van der Waals surface area contributed by atoms with Gasteiger partial charge in [-0.2, -0.15) is 0 Å². The molecule has 5 nitrogen and oxygen atoms in total. The lowest BCUT2D eigenvalue weighted by atomic mass is 10.0. The zero-order valence-corrected chi connectivity index (χ0v) is 16.1. The van der Waals surface area contributed by atoms with Gasteiger partial charge in [-0.1, -0.05) is 57.5 Å². The Morgan fingerprint density at radius 2 is 1.92 bits per heavy atom.